The predicted molar refractivity (Wildman–Crippen MR) is 133 cm³/mol. The summed E-state index contributed by atoms with van der Waals surface area (Å²) in [6, 6.07) is 16.1. The van der Waals surface area contributed by atoms with E-state index in [-0.39, 0.29) is 11.9 Å². The number of nitrogens with zero attached hydrogens (tertiary/aromatic N) is 7. The minimum Gasteiger partial charge on any atom is -0.378 e. The van der Waals surface area contributed by atoms with E-state index in [0.717, 1.165) is 44.8 Å². The molecule has 1 aliphatic heterocycles. The fraction of sp³-hybridized carbons (Fsp3) is 0.500. The number of tetrazole rings is 1. The van der Waals surface area contributed by atoms with E-state index in [4.69, 9.17) is 0 Å². The third-order valence-corrected chi connectivity index (χ3v) is 7.28. The average Bonchev–Trinajstić information content (AvgIpc) is 3.35. The molecule has 34 heavy (non-hydrogen) atoms. The SMILES string of the molecule is CN(C)c1ccc([C@@H](c2nnnn2C2CCCCC2)N2CCN(c3ccccc3F)CC2)cc1. The van der Waals surface area contributed by atoms with Crippen LogP contribution in [0.1, 0.15) is 55.6 Å². The Bertz CT molecular complexity index is 1070. The van der Waals surface area contributed by atoms with Gasteiger partial charge in [-0.1, -0.05) is 43.5 Å². The van der Waals surface area contributed by atoms with Gasteiger partial charge in [0.1, 0.15) is 5.82 Å². The molecule has 0 amide bonds. The van der Waals surface area contributed by atoms with Gasteiger partial charge in [-0.15, -0.1) is 5.10 Å². The molecule has 0 spiro atoms. The van der Waals surface area contributed by atoms with Crippen molar-refractivity contribution < 1.29 is 4.39 Å². The maximum absolute atomic E-state index is 14.4. The summed E-state index contributed by atoms with van der Waals surface area (Å²) < 4.78 is 16.5. The van der Waals surface area contributed by atoms with Crippen molar-refractivity contribution in [2.75, 3.05) is 50.1 Å². The minimum atomic E-state index is -0.159. The summed E-state index contributed by atoms with van der Waals surface area (Å²) in [6.45, 7) is 3.15. The molecule has 1 atom stereocenters. The first-order valence-electron chi connectivity index (χ1n) is 12.4. The van der Waals surface area contributed by atoms with Crippen molar-refractivity contribution in [2.24, 2.45) is 0 Å². The van der Waals surface area contributed by atoms with Crippen LogP contribution in [0.4, 0.5) is 15.8 Å². The second kappa shape index (κ2) is 10.1. The fourth-order valence-corrected chi connectivity index (χ4v) is 5.37. The summed E-state index contributed by atoms with van der Waals surface area (Å²) in [5, 5.41) is 13.2. The largest absolute Gasteiger partial charge is 0.378 e. The molecule has 8 heteroatoms. The lowest BCUT2D eigenvalue weighted by molar-refractivity contribution is 0.193. The van der Waals surface area contributed by atoms with E-state index < -0.39 is 0 Å². The predicted octanol–water partition coefficient (Wildman–Crippen LogP) is 4.30. The third-order valence-electron chi connectivity index (χ3n) is 7.28. The topological polar surface area (TPSA) is 53.3 Å². The Morgan fingerprint density at radius 1 is 0.912 bits per heavy atom. The molecular formula is C26H34FN7. The van der Waals surface area contributed by atoms with E-state index in [1.165, 1.54) is 36.6 Å². The van der Waals surface area contributed by atoms with Crippen molar-refractivity contribution >= 4 is 11.4 Å². The highest BCUT2D eigenvalue weighted by Gasteiger charge is 2.33. The number of aromatic nitrogens is 4. The molecule has 2 heterocycles. The lowest BCUT2D eigenvalue weighted by Gasteiger charge is -2.40. The summed E-state index contributed by atoms with van der Waals surface area (Å²) >= 11 is 0. The minimum absolute atomic E-state index is 0.0316. The van der Waals surface area contributed by atoms with Crippen molar-refractivity contribution in [1.29, 1.82) is 0 Å². The van der Waals surface area contributed by atoms with Crippen LogP contribution < -0.4 is 9.80 Å². The number of piperazine rings is 1. The Morgan fingerprint density at radius 2 is 1.62 bits per heavy atom. The summed E-state index contributed by atoms with van der Waals surface area (Å²) in [7, 11) is 4.11. The monoisotopic (exact) mass is 463 g/mol. The maximum Gasteiger partial charge on any atom is 0.173 e. The van der Waals surface area contributed by atoms with Crippen molar-refractivity contribution in [3.8, 4) is 0 Å². The van der Waals surface area contributed by atoms with Crippen molar-refractivity contribution in [3.63, 3.8) is 0 Å². The number of para-hydroxylation sites is 1. The second-order valence-corrected chi connectivity index (χ2v) is 9.64. The molecule has 2 aromatic carbocycles. The zero-order chi connectivity index (χ0) is 23.5. The third kappa shape index (κ3) is 4.64. The molecule has 0 radical (unpaired) electrons. The first-order valence-corrected chi connectivity index (χ1v) is 12.4. The summed E-state index contributed by atoms with van der Waals surface area (Å²) in [5.74, 6) is 0.761. The van der Waals surface area contributed by atoms with Crippen LogP contribution in [-0.4, -0.2) is 65.4 Å². The highest BCUT2D eigenvalue weighted by molar-refractivity contribution is 5.49. The molecule has 7 nitrogen and oxygen atoms in total. The number of anilines is 2. The van der Waals surface area contributed by atoms with Crippen molar-refractivity contribution in [1.82, 2.24) is 25.1 Å². The van der Waals surface area contributed by atoms with Gasteiger partial charge in [-0.05, 0) is 53.1 Å². The van der Waals surface area contributed by atoms with Gasteiger partial charge in [0, 0.05) is 46.0 Å². The molecule has 2 aliphatic rings. The number of hydrogen-bond donors (Lipinski definition) is 0. The molecule has 1 aliphatic carbocycles. The quantitative estimate of drug-likeness (QED) is 0.544. The van der Waals surface area contributed by atoms with E-state index in [9.17, 15) is 4.39 Å². The van der Waals surface area contributed by atoms with Crippen LogP contribution in [0.2, 0.25) is 0 Å². The van der Waals surface area contributed by atoms with Crippen LogP contribution in [0.3, 0.4) is 0 Å². The van der Waals surface area contributed by atoms with E-state index in [1.807, 2.05) is 12.1 Å². The zero-order valence-corrected chi connectivity index (χ0v) is 20.1. The normalized spacial score (nSPS) is 18.7. The average molecular weight is 464 g/mol. The van der Waals surface area contributed by atoms with Gasteiger partial charge in [0.25, 0.3) is 0 Å². The van der Waals surface area contributed by atoms with E-state index >= 15 is 0 Å². The molecule has 2 fully saturated rings. The number of halogens is 1. The van der Waals surface area contributed by atoms with Gasteiger partial charge in [0.05, 0.1) is 17.8 Å². The summed E-state index contributed by atoms with van der Waals surface area (Å²) in [5.41, 5.74) is 3.04. The van der Waals surface area contributed by atoms with Crippen LogP contribution in [-0.2, 0) is 0 Å². The van der Waals surface area contributed by atoms with Crippen LogP contribution >= 0.6 is 0 Å². The first kappa shape index (κ1) is 22.8. The van der Waals surface area contributed by atoms with Gasteiger partial charge in [-0.2, -0.15) is 0 Å². The molecule has 0 N–H and O–H groups in total. The molecular weight excluding hydrogens is 429 g/mol. The van der Waals surface area contributed by atoms with Crippen molar-refractivity contribution in [3.05, 3.63) is 65.7 Å². The second-order valence-electron chi connectivity index (χ2n) is 9.64. The Kier molecular flexibility index (Phi) is 6.76. The number of rotatable bonds is 6. The molecule has 0 bridgehead atoms. The van der Waals surface area contributed by atoms with Crippen LogP contribution in [0.5, 0.6) is 0 Å². The number of benzene rings is 2. The van der Waals surface area contributed by atoms with Gasteiger partial charge in [-0.3, -0.25) is 4.90 Å². The lowest BCUT2D eigenvalue weighted by Crippen LogP contribution is -2.48. The molecule has 180 valence electrons. The zero-order valence-electron chi connectivity index (χ0n) is 20.1. The molecule has 1 aromatic heterocycles. The summed E-state index contributed by atoms with van der Waals surface area (Å²) in [4.78, 5) is 6.70. The fourth-order valence-electron chi connectivity index (χ4n) is 5.37. The van der Waals surface area contributed by atoms with Crippen LogP contribution in [0, 0.1) is 5.82 Å². The molecule has 3 aromatic rings. The highest BCUT2D eigenvalue weighted by Crippen LogP contribution is 2.34. The van der Waals surface area contributed by atoms with E-state index in [0.29, 0.717) is 11.7 Å². The first-order chi connectivity index (χ1) is 16.6. The van der Waals surface area contributed by atoms with Gasteiger partial charge < -0.3 is 9.80 Å². The van der Waals surface area contributed by atoms with Gasteiger partial charge in [0.2, 0.25) is 0 Å². The Hall–Kier alpha value is -3.00. The Balaban J connectivity index is 1.44. The molecule has 1 saturated heterocycles. The van der Waals surface area contributed by atoms with Crippen LogP contribution in [0.15, 0.2) is 48.5 Å². The van der Waals surface area contributed by atoms with Gasteiger partial charge in [-0.25, -0.2) is 9.07 Å². The molecule has 1 saturated carbocycles. The smallest absolute Gasteiger partial charge is 0.173 e. The van der Waals surface area contributed by atoms with Crippen LogP contribution in [0.25, 0.3) is 0 Å². The standard InChI is InChI=1S/C26H34FN7/c1-31(2)21-14-12-20(13-15-21)25(26-28-29-30-34(26)22-8-4-3-5-9-22)33-18-16-32(17-19-33)24-11-7-6-10-23(24)27/h6-7,10-15,22,25H,3-5,8-9,16-19H2,1-2H3/t25-/m0/s1. The van der Waals surface area contributed by atoms with Crippen molar-refractivity contribution in [2.45, 2.75) is 44.2 Å². The van der Waals surface area contributed by atoms with E-state index in [1.54, 1.807) is 6.07 Å². The lowest BCUT2D eigenvalue weighted by atomic mass is 9.95. The Labute approximate surface area is 201 Å². The summed E-state index contributed by atoms with van der Waals surface area (Å²) in [6.07, 6.45) is 6.01. The van der Waals surface area contributed by atoms with Gasteiger partial charge >= 0.3 is 0 Å². The Morgan fingerprint density at radius 3 is 2.29 bits per heavy atom. The van der Waals surface area contributed by atoms with E-state index in [2.05, 4.69) is 73.3 Å². The number of hydrogen-bond acceptors (Lipinski definition) is 6. The molecule has 5 rings (SSSR count). The molecule has 0 unspecified atom stereocenters. The van der Waals surface area contributed by atoms with Gasteiger partial charge in [0.15, 0.2) is 5.82 Å². The maximum atomic E-state index is 14.4. The highest BCUT2D eigenvalue weighted by atomic mass is 19.1.